The molecule has 1 atom stereocenters. The SMILES string of the molecule is CC/C=C\C/C=C\C/C=C\C/C=C\CCCCCCC(=O)OC[C@H](COC(=O)CCCCCCCCCCCCC/C=C\CCCCCCCC)OC(=O)CCCC/C=C\C/C=C\C/C=C\CCCCC. The van der Waals surface area contributed by atoms with Crippen molar-refractivity contribution in [2.24, 2.45) is 0 Å². The van der Waals surface area contributed by atoms with Crippen molar-refractivity contribution in [3.63, 3.8) is 0 Å². The molecule has 6 nitrogen and oxygen atoms in total. The summed E-state index contributed by atoms with van der Waals surface area (Å²) in [7, 11) is 0. The first-order chi connectivity index (χ1) is 35.0. The van der Waals surface area contributed by atoms with Gasteiger partial charge in [-0.05, 0) is 122 Å². The highest BCUT2D eigenvalue weighted by Gasteiger charge is 2.19. The van der Waals surface area contributed by atoms with E-state index in [-0.39, 0.29) is 37.5 Å². The van der Waals surface area contributed by atoms with Crippen molar-refractivity contribution in [1.82, 2.24) is 0 Å². The third kappa shape index (κ3) is 57.1. The van der Waals surface area contributed by atoms with Crippen LogP contribution in [0.15, 0.2) is 97.2 Å². The summed E-state index contributed by atoms with van der Waals surface area (Å²) in [4.78, 5) is 38.2. The zero-order valence-corrected chi connectivity index (χ0v) is 46.5. The molecule has 6 heteroatoms. The fourth-order valence-corrected chi connectivity index (χ4v) is 8.08. The number of allylic oxidation sites excluding steroid dienone is 16. The average molecular weight is 988 g/mol. The van der Waals surface area contributed by atoms with Crippen LogP contribution < -0.4 is 0 Å². The molecular weight excluding hydrogens is 877 g/mol. The number of rotatable bonds is 53. The van der Waals surface area contributed by atoms with Gasteiger partial charge >= 0.3 is 17.9 Å². The minimum absolute atomic E-state index is 0.101. The lowest BCUT2D eigenvalue weighted by molar-refractivity contribution is -0.167. The number of hydrogen-bond acceptors (Lipinski definition) is 6. The molecule has 0 aromatic heterocycles. The Morgan fingerprint density at radius 2 is 0.549 bits per heavy atom. The molecule has 0 aliphatic carbocycles. The number of ether oxygens (including phenoxy) is 3. The van der Waals surface area contributed by atoms with Crippen LogP contribution in [0.1, 0.15) is 278 Å². The van der Waals surface area contributed by atoms with Gasteiger partial charge in [0.2, 0.25) is 0 Å². The number of esters is 3. The van der Waals surface area contributed by atoms with Crippen LogP contribution in [0.5, 0.6) is 0 Å². The minimum Gasteiger partial charge on any atom is -0.462 e. The van der Waals surface area contributed by atoms with Gasteiger partial charge in [0, 0.05) is 19.3 Å². The Kier molecular flexibility index (Phi) is 55.9. The van der Waals surface area contributed by atoms with E-state index in [0.29, 0.717) is 19.3 Å². The molecule has 0 radical (unpaired) electrons. The topological polar surface area (TPSA) is 78.9 Å². The molecule has 0 aliphatic rings. The Morgan fingerprint density at radius 3 is 0.930 bits per heavy atom. The molecule has 0 N–H and O–H groups in total. The summed E-state index contributed by atoms with van der Waals surface area (Å²) in [5, 5.41) is 0. The molecule has 0 unspecified atom stereocenters. The van der Waals surface area contributed by atoms with Crippen molar-refractivity contribution < 1.29 is 28.6 Å². The monoisotopic (exact) mass is 987 g/mol. The van der Waals surface area contributed by atoms with Gasteiger partial charge in [0.1, 0.15) is 13.2 Å². The van der Waals surface area contributed by atoms with Crippen LogP contribution in [0.25, 0.3) is 0 Å². The van der Waals surface area contributed by atoms with Gasteiger partial charge in [0.25, 0.3) is 0 Å². The van der Waals surface area contributed by atoms with E-state index in [1.165, 1.54) is 128 Å². The van der Waals surface area contributed by atoms with E-state index in [9.17, 15) is 14.4 Å². The van der Waals surface area contributed by atoms with Crippen molar-refractivity contribution in [3.05, 3.63) is 97.2 Å². The van der Waals surface area contributed by atoms with E-state index in [0.717, 1.165) is 103 Å². The van der Waals surface area contributed by atoms with Gasteiger partial charge in [-0.2, -0.15) is 0 Å². The summed E-state index contributed by atoms with van der Waals surface area (Å²) < 4.78 is 16.8. The summed E-state index contributed by atoms with van der Waals surface area (Å²) >= 11 is 0. The van der Waals surface area contributed by atoms with Crippen LogP contribution in [0, 0.1) is 0 Å². The molecule has 0 spiro atoms. The second-order valence-electron chi connectivity index (χ2n) is 19.5. The minimum atomic E-state index is -0.809. The Hall–Kier alpha value is -3.67. The predicted octanol–water partition coefficient (Wildman–Crippen LogP) is 20.1. The Bertz CT molecular complexity index is 1410. The first-order valence-electron chi connectivity index (χ1n) is 29.7. The van der Waals surface area contributed by atoms with E-state index in [2.05, 4.69) is 118 Å². The molecule has 71 heavy (non-hydrogen) atoms. The first-order valence-corrected chi connectivity index (χ1v) is 29.7. The van der Waals surface area contributed by atoms with E-state index in [1.54, 1.807) is 0 Å². The van der Waals surface area contributed by atoms with Gasteiger partial charge in [-0.1, -0.05) is 234 Å². The van der Waals surface area contributed by atoms with Crippen LogP contribution in [0.4, 0.5) is 0 Å². The molecule has 0 bridgehead atoms. The smallest absolute Gasteiger partial charge is 0.306 e. The van der Waals surface area contributed by atoms with Crippen molar-refractivity contribution in [2.75, 3.05) is 13.2 Å². The molecule has 0 rings (SSSR count). The first kappa shape index (κ1) is 67.3. The quantitative estimate of drug-likeness (QED) is 0.0261. The average Bonchev–Trinajstić information content (AvgIpc) is 3.37. The lowest BCUT2D eigenvalue weighted by Crippen LogP contribution is -2.30. The van der Waals surface area contributed by atoms with Crippen LogP contribution >= 0.6 is 0 Å². The van der Waals surface area contributed by atoms with E-state index in [4.69, 9.17) is 14.2 Å². The summed E-state index contributed by atoms with van der Waals surface area (Å²) in [6.45, 7) is 6.45. The molecule has 0 aromatic rings. The largest absolute Gasteiger partial charge is 0.462 e. The molecule has 0 aliphatic heterocycles. The van der Waals surface area contributed by atoms with E-state index >= 15 is 0 Å². The summed E-state index contributed by atoms with van der Waals surface area (Å²) in [6, 6.07) is 0. The van der Waals surface area contributed by atoms with Gasteiger partial charge in [-0.25, -0.2) is 0 Å². The molecule has 0 aromatic carbocycles. The number of unbranched alkanes of at least 4 members (excludes halogenated alkanes) is 26. The van der Waals surface area contributed by atoms with Gasteiger partial charge in [-0.3, -0.25) is 14.4 Å². The molecule has 0 amide bonds. The lowest BCUT2D eigenvalue weighted by atomic mass is 10.0. The molecule has 0 heterocycles. The number of carbonyl (C=O) groups excluding carboxylic acids is 3. The van der Waals surface area contributed by atoms with Crippen LogP contribution in [0.2, 0.25) is 0 Å². The zero-order chi connectivity index (χ0) is 51.4. The fraction of sp³-hybridized carbons (Fsp3) is 0.708. The molecule has 406 valence electrons. The molecular formula is C65H110O6. The highest BCUT2D eigenvalue weighted by atomic mass is 16.6. The Morgan fingerprint density at radius 1 is 0.296 bits per heavy atom. The summed E-state index contributed by atoms with van der Waals surface area (Å²) in [6.07, 6.45) is 78.3. The van der Waals surface area contributed by atoms with Crippen molar-refractivity contribution in [2.45, 2.75) is 284 Å². The van der Waals surface area contributed by atoms with E-state index in [1.807, 2.05) is 0 Å². The van der Waals surface area contributed by atoms with Gasteiger partial charge < -0.3 is 14.2 Å². The van der Waals surface area contributed by atoms with Gasteiger partial charge in [-0.15, -0.1) is 0 Å². The predicted molar refractivity (Wildman–Crippen MR) is 307 cm³/mol. The maximum absolute atomic E-state index is 12.8. The number of hydrogen-bond donors (Lipinski definition) is 0. The van der Waals surface area contributed by atoms with Crippen molar-refractivity contribution in [1.29, 1.82) is 0 Å². The van der Waals surface area contributed by atoms with Gasteiger partial charge in [0.15, 0.2) is 6.10 Å². The third-order valence-corrected chi connectivity index (χ3v) is 12.5. The van der Waals surface area contributed by atoms with E-state index < -0.39 is 6.10 Å². The standard InChI is InChI=1S/C65H110O6/c1-4-7-10-13-16-19-22-25-28-30-31-32-33-35-38-40-43-46-49-52-55-58-64(67)70-61-62(71-65(68)59-56-53-50-47-44-41-36-27-24-21-18-15-12-9-6-3)60-69-63(66)57-54-51-48-45-42-39-37-34-29-26-23-20-17-14-11-8-5-2/h8,11,17-18,20-21,25-29,36-37,39,44,47,62H,4-7,9-10,12-16,19,22-24,30-35,38,40-43,45-46,48-61H2,1-3H3/b11-8-,20-17-,21-18-,28-25-,29-26-,36-27-,39-37-,47-44-/t62-/m1/s1. The molecule has 0 saturated heterocycles. The highest BCUT2D eigenvalue weighted by Crippen LogP contribution is 2.15. The van der Waals surface area contributed by atoms with Crippen LogP contribution in [0.3, 0.4) is 0 Å². The molecule has 0 saturated carbocycles. The molecule has 0 fully saturated rings. The van der Waals surface area contributed by atoms with Gasteiger partial charge in [0.05, 0.1) is 0 Å². The number of carbonyl (C=O) groups is 3. The second-order valence-corrected chi connectivity index (χ2v) is 19.5. The second kappa shape index (κ2) is 58.9. The van der Waals surface area contributed by atoms with Crippen molar-refractivity contribution in [3.8, 4) is 0 Å². The van der Waals surface area contributed by atoms with Crippen LogP contribution in [-0.2, 0) is 28.6 Å². The maximum Gasteiger partial charge on any atom is 0.306 e. The van der Waals surface area contributed by atoms with Crippen molar-refractivity contribution >= 4 is 17.9 Å². The summed E-state index contributed by atoms with van der Waals surface area (Å²) in [5.74, 6) is -0.961. The summed E-state index contributed by atoms with van der Waals surface area (Å²) in [5.41, 5.74) is 0. The Balaban J connectivity index is 4.43. The van der Waals surface area contributed by atoms with Crippen LogP contribution in [-0.4, -0.2) is 37.2 Å². The fourth-order valence-electron chi connectivity index (χ4n) is 8.08. The Labute approximate surface area is 438 Å². The maximum atomic E-state index is 12.8. The highest BCUT2D eigenvalue weighted by molar-refractivity contribution is 5.71. The lowest BCUT2D eigenvalue weighted by Gasteiger charge is -2.18. The normalized spacial score (nSPS) is 12.8. The zero-order valence-electron chi connectivity index (χ0n) is 46.5. The third-order valence-electron chi connectivity index (χ3n) is 12.5.